The van der Waals surface area contributed by atoms with E-state index in [0.717, 1.165) is 11.4 Å². The maximum Gasteiger partial charge on any atom is 0.223 e. The van der Waals surface area contributed by atoms with E-state index < -0.39 is 0 Å². The highest BCUT2D eigenvalue weighted by Crippen LogP contribution is 2.17. The van der Waals surface area contributed by atoms with E-state index in [0.29, 0.717) is 5.95 Å². The van der Waals surface area contributed by atoms with Gasteiger partial charge in [0, 0.05) is 18.8 Å². The third kappa shape index (κ3) is 2.81. The molecule has 0 fully saturated rings. The minimum absolute atomic E-state index is 0.0505. The van der Waals surface area contributed by atoms with Crippen molar-refractivity contribution in [1.29, 1.82) is 0 Å². The molecule has 2 heterocycles. The predicted octanol–water partition coefficient (Wildman–Crippen LogP) is 2.09. The average Bonchev–Trinajstić information content (AvgIpc) is 2.62. The normalized spacial score (nSPS) is 11.5. The van der Waals surface area contributed by atoms with Crippen LogP contribution in [0.1, 0.15) is 20.8 Å². The molecule has 0 aromatic carbocycles. The number of rotatable bonds is 2. The maximum atomic E-state index is 4.48. The largest absolute Gasteiger partial charge is 0.350 e. The lowest BCUT2D eigenvalue weighted by molar-refractivity contribution is 0.626. The van der Waals surface area contributed by atoms with Gasteiger partial charge in [0.2, 0.25) is 5.95 Å². The van der Waals surface area contributed by atoms with Crippen LogP contribution in [-0.2, 0) is 7.05 Å². The third-order valence-electron chi connectivity index (χ3n) is 2.22. The summed E-state index contributed by atoms with van der Waals surface area (Å²) in [6, 6.07) is 1.88. The van der Waals surface area contributed by atoms with Crippen LogP contribution in [0.4, 0.5) is 5.95 Å². The van der Waals surface area contributed by atoms with Crippen LogP contribution in [0.25, 0.3) is 11.4 Å². The number of anilines is 1. The Balaban J connectivity index is 2.32. The van der Waals surface area contributed by atoms with Gasteiger partial charge >= 0.3 is 0 Å². The number of nitrogens with one attached hydrogen (secondary N) is 1. The molecule has 2 rings (SSSR count). The lowest BCUT2D eigenvalue weighted by Crippen LogP contribution is -2.27. The van der Waals surface area contributed by atoms with Gasteiger partial charge in [-0.3, -0.25) is 0 Å². The Morgan fingerprint density at radius 3 is 2.65 bits per heavy atom. The summed E-state index contributed by atoms with van der Waals surface area (Å²) in [5.74, 6) is 0.635. The Hall–Kier alpha value is -1.91. The molecule has 0 saturated carbocycles. The summed E-state index contributed by atoms with van der Waals surface area (Å²) in [6.07, 6.45) is 5.31. The molecule has 0 aliphatic heterocycles. The maximum absolute atomic E-state index is 4.48. The Kier molecular flexibility index (Phi) is 2.83. The topological polar surface area (TPSA) is 55.6 Å². The monoisotopic (exact) mass is 231 g/mol. The molecular weight excluding hydrogens is 214 g/mol. The van der Waals surface area contributed by atoms with Crippen molar-refractivity contribution in [3.05, 3.63) is 24.8 Å². The second-order valence-corrected chi connectivity index (χ2v) is 5.03. The van der Waals surface area contributed by atoms with Gasteiger partial charge in [0.25, 0.3) is 0 Å². The SMILES string of the molecule is Cn1cncc1-c1ccnc(NC(C)(C)C)n1. The second-order valence-electron chi connectivity index (χ2n) is 5.03. The standard InChI is InChI=1S/C12H17N5/c1-12(2,3)16-11-14-6-5-9(15-11)10-7-13-8-17(10)4/h5-8H,1-4H3,(H,14,15,16). The van der Waals surface area contributed by atoms with E-state index in [1.165, 1.54) is 0 Å². The van der Waals surface area contributed by atoms with Gasteiger partial charge in [-0.2, -0.15) is 0 Å². The Labute approximate surface area is 101 Å². The molecule has 0 bridgehead atoms. The van der Waals surface area contributed by atoms with Crippen LogP contribution in [-0.4, -0.2) is 25.1 Å². The van der Waals surface area contributed by atoms with Gasteiger partial charge in [-0.1, -0.05) is 0 Å². The summed E-state index contributed by atoms with van der Waals surface area (Å²) < 4.78 is 1.93. The van der Waals surface area contributed by atoms with Crippen molar-refractivity contribution >= 4 is 5.95 Å². The molecule has 2 aromatic heterocycles. The molecule has 17 heavy (non-hydrogen) atoms. The highest BCUT2D eigenvalue weighted by molar-refractivity contribution is 5.55. The molecule has 0 aliphatic rings. The summed E-state index contributed by atoms with van der Waals surface area (Å²) in [5.41, 5.74) is 1.79. The quantitative estimate of drug-likeness (QED) is 0.859. The zero-order chi connectivity index (χ0) is 12.5. The molecule has 1 N–H and O–H groups in total. The van der Waals surface area contributed by atoms with Crippen LogP contribution in [0.5, 0.6) is 0 Å². The van der Waals surface area contributed by atoms with Crippen molar-refractivity contribution < 1.29 is 0 Å². The number of imidazole rings is 1. The van der Waals surface area contributed by atoms with Crippen molar-refractivity contribution in [2.75, 3.05) is 5.32 Å². The van der Waals surface area contributed by atoms with E-state index in [-0.39, 0.29) is 5.54 Å². The molecule has 0 radical (unpaired) electrons. The highest BCUT2D eigenvalue weighted by Gasteiger charge is 2.12. The van der Waals surface area contributed by atoms with E-state index in [9.17, 15) is 0 Å². The van der Waals surface area contributed by atoms with Crippen molar-refractivity contribution in [2.45, 2.75) is 26.3 Å². The smallest absolute Gasteiger partial charge is 0.223 e. The van der Waals surface area contributed by atoms with Crippen molar-refractivity contribution in [3.8, 4) is 11.4 Å². The molecule has 0 saturated heterocycles. The Morgan fingerprint density at radius 2 is 2.06 bits per heavy atom. The molecule has 0 aliphatic carbocycles. The molecular formula is C12H17N5. The van der Waals surface area contributed by atoms with E-state index in [1.54, 1.807) is 18.7 Å². The summed E-state index contributed by atoms with van der Waals surface area (Å²) in [5, 5.41) is 3.25. The van der Waals surface area contributed by atoms with Crippen LogP contribution in [0, 0.1) is 0 Å². The Bertz CT molecular complexity index is 510. The van der Waals surface area contributed by atoms with E-state index in [2.05, 4.69) is 41.0 Å². The first kappa shape index (κ1) is 11.6. The minimum Gasteiger partial charge on any atom is -0.350 e. The first-order valence-corrected chi connectivity index (χ1v) is 5.54. The second kappa shape index (κ2) is 4.16. The van der Waals surface area contributed by atoms with Crippen molar-refractivity contribution in [1.82, 2.24) is 19.5 Å². The number of nitrogens with zero attached hydrogens (tertiary/aromatic N) is 4. The van der Waals surface area contributed by atoms with Gasteiger partial charge in [-0.25, -0.2) is 15.0 Å². The molecule has 5 heteroatoms. The van der Waals surface area contributed by atoms with Gasteiger partial charge < -0.3 is 9.88 Å². The lowest BCUT2D eigenvalue weighted by atomic mass is 10.1. The molecule has 5 nitrogen and oxygen atoms in total. The first-order valence-electron chi connectivity index (χ1n) is 5.54. The first-order chi connectivity index (χ1) is 7.96. The van der Waals surface area contributed by atoms with Crippen LogP contribution in [0.2, 0.25) is 0 Å². The highest BCUT2D eigenvalue weighted by atomic mass is 15.1. The molecule has 0 amide bonds. The summed E-state index contributed by atoms with van der Waals surface area (Å²) in [4.78, 5) is 12.8. The summed E-state index contributed by atoms with van der Waals surface area (Å²) in [6.45, 7) is 6.23. The van der Waals surface area contributed by atoms with Crippen molar-refractivity contribution in [2.24, 2.45) is 7.05 Å². The van der Waals surface area contributed by atoms with E-state index >= 15 is 0 Å². The molecule has 0 atom stereocenters. The number of hydrogen-bond acceptors (Lipinski definition) is 4. The fraction of sp³-hybridized carbons (Fsp3) is 0.417. The minimum atomic E-state index is -0.0505. The van der Waals surface area contributed by atoms with Gasteiger partial charge in [-0.15, -0.1) is 0 Å². The molecule has 90 valence electrons. The van der Waals surface area contributed by atoms with Gasteiger partial charge in [-0.05, 0) is 26.8 Å². The Morgan fingerprint density at radius 1 is 1.29 bits per heavy atom. The summed E-state index contributed by atoms with van der Waals surface area (Å²) >= 11 is 0. The van der Waals surface area contributed by atoms with E-state index in [1.807, 2.05) is 17.7 Å². The third-order valence-corrected chi connectivity index (χ3v) is 2.22. The molecule has 2 aromatic rings. The molecule has 0 unspecified atom stereocenters. The van der Waals surface area contributed by atoms with E-state index in [4.69, 9.17) is 0 Å². The molecule has 0 spiro atoms. The fourth-order valence-electron chi connectivity index (χ4n) is 1.50. The van der Waals surface area contributed by atoms with Gasteiger partial charge in [0.05, 0.1) is 23.9 Å². The number of aryl methyl sites for hydroxylation is 1. The van der Waals surface area contributed by atoms with Crippen LogP contribution >= 0.6 is 0 Å². The zero-order valence-corrected chi connectivity index (χ0v) is 10.6. The van der Waals surface area contributed by atoms with Crippen LogP contribution in [0.3, 0.4) is 0 Å². The number of aromatic nitrogens is 4. The zero-order valence-electron chi connectivity index (χ0n) is 10.6. The van der Waals surface area contributed by atoms with Crippen LogP contribution in [0.15, 0.2) is 24.8 Å². The average molecular weight is 231 g/mol. The predicted molar refractivity (Wildman–Crippen MR) is 67.6 cm³/mol. The number of hydrogen-bond donors (Lipinski definition) is 1. The lowest BCUT2D eigenvalue weighted by Gasteiger charge is -2.20. The summed E-state index contributed by atoms with van der Waals surface area (Å²) in [7, 11) is 1.95. The van der Waals surface area contributed by atoms with Gasteiger partial charge in [0.1, 0.15) is 0 Å². The van der Waals surface area contributed by atoms with Gasteiger partial charge in [0.15, 0.2) is 0 Å². The fourth-order valence-corrected chi connectivity index (χ4v) is 1.50. The van der Waals surface area contributed by atoms with Crippen LogP contribution < -0.4 is 5.32 Å². The van der Waals surface area contributed by atoms with Crippen molar-refractivity contribution in [3.63, 3.8) is 0 Å².